The minimum absolute atomic E-state index is 0.244. The Morgan fingerprint density at radius 1 is 1.31 bits per heavy atom. The SMILES string of the molecule is NC1(c2ncc3ccc(O)cn23)CCCC1. The van der Waals surface area contributed by atoms with E-state index in [1.54, 1.807) is 12.3 Å². The summed E-state index contributed by atoms with van der Waals surface area (Å²) in [7, 11) is 0. The summed E-state index contributed by atoms with van der Waals surface area (Å²) in [5.41, 5.74) is 7.03. The molecule has 1 aliphatic carbocycles. The maximum absolute atomic E-state index is 9.51. The molecule has 2 aromatic heterocycles. The molecule has 0 amide bonds. The zero-order chi connectivity index (χ0) is 11.2. The predicted molar refractivity (Wildman–Crippen MR) is 61.2 cm³/mol. The van der Waals surface area contributed by atoms with Crippen LogP contribution in [-0.4, -0.2) is 14.5 Å². The number of pyridine rings is 1. The van der Waals surface area contributed by atoms with Crippen LogP contribution in [0, 0.1) is 0 Å². The van der Waals surface area contributed by atoms with Crippen LogP contribution in [0.15, 0.2) is 24.5 Å². The second-order valence-electron chi connectivity index (χ2n) is 4.63. The molecule has 0 aromatic carbocycles. The highest BCUT2D eigenvalue weighted by Gasteiger charge is 2.34. The van der Waals surface area contributed by atoms with Crippen molar-refractivity contribution in [2.75, 3.05) is 0 Å². The Morgan fingerprint density at radius 3 is 2.81 bits per heavy atom. The van der Waals surface area contributed by atoms with E-state index in [1.807, 2.05) is 16.7 Å². The van der Waals surface area contributed by atoms with Gasteiger partial charge >= 0.3 is 0 Å². The molecule has 3 N–H and O–H groups in total. The number of nitrogens with two attached hydrogens (primary N) is 1. The lowest BCUT2D eigenvalue weighted by Gasteiger charge is -2.21. The van der Waals surface area contributed by atoms with E-state index in [9.17, 15) is 5.11 Å². The monoisotopic (exact) mass is 217 g/mol. The largest absolute Gasteiger partial charge is 0.506 e. The number of rotatable bonds is 1. The lowest BCUT2D eigenvalue weighted by molar-refractivity contribution is 0.426. The van der Waals surface area contributed by atoms with Crippen molar-refractivity contribution in [1.82, 2.24) is 9.38 Å². The molecule has 4 heteroatoms. The Balaban J connectivity index is 2.19. The van der Waals surface area contributed by atoms with Crippen molar-refractivity contribution in [2.24, 2.45) is 5.73 Å². The summed E-state index contributed by atoms with van der Waals surface area (Å²) in [6.07, 6.45) is 7.75. The fourth-order valence-corrected chi connectivity index (χ4v) is 2.58. The highest BCUT2D eigenvalue weighted by molar-refractivity contribution is 5.49. The molecule has 0 bridgehead atoms. The fraction of sp³-hybridized carbons (Fsp3) is 0.417. The molecule has 0 unspecified atom stereocenters. The Bertz CT molecular complexity index is 526. The lowest BCUT2D eigenvalue weighted by atomic mass is 9.98. The summed E-state index contributed by atoms with van der Waals surface area (Å²) in [4.78, 5) is 4.42. The summed E-state index contributed by atoms with van der Waals surface area (Å²) in [5.74, 6) is 1.12. The number of aromatic nitrogens is 2. The standard InChI is InChI=1S/C12H15N3O/c13-12(5-1-2-6-12)11-14-7-9-3-4-10(16)8-15(9)11/h3-4,7-8,16H,1-2,5-6,13H2. The number of hydrogen-bond acceptors (Lipinski definition) is 3. The van der Waals surface area contributed by atoms with Crippen LogP contribution in [0.2, 0.25) is 0 Å². The molecule has 0 aliphatic heterocycles. The van der Waals surface area contributed by atoms with E-state index in [0.29, 0.717) is 0 Å². The molecule has 1 aliphatic rings. The lowest BCUT2D eigenvalue weighted by Crippen LogP contribution is -2.35. The van der Waals surface area contributed by atoms with Crippen molar-refractivity contribution in [1.29, 1.82) is 0 Å². The van der Waals surface area contributed by atoms with Crippen LogP contribution in [0.5, 0.6) is 5.75 Å². The minimum Gasteiger partial charge on any atom is -0.506 e. The molecular formula is C12H15N3O. The molecule has 4 nitrogen and oxygen atoms in total. The van der Waals surface area contributed by atoms with Gasteiger partial charge in [-0.15, -0.1) is 0 Å². The number of aromatic hydroxyl groups is 1. The third-order valence-corrected chi connectivity index (χ3v) is 3.45. The van der Waals surface area contributed by atoms with Crippen LogP contribution < -0.4 is 5.73 Å². The number of hydrogen-bond donors (Lipinski definition) is 2. The summed E-state index contributed by atoms with van der Waals surface area (Å²) in [6, 6.07) is 3.52. The average molecular weight is 217 g/mol. The van der Waals surface area contributed by atoms with E-state index in [4.69, 9.17) is 5.73 Å². The van der Waals surface area contributed by atoms with Crippen LogP contribution in [0.25, 0.3) is 5.52 Å². The zero-order valence-electron chi connectivity index (χ0n) is 9.06. The van der Waals surface area contributed by atoms with Crippen molar-refractivity contribution in [3.8, 4) is 5.75 Å². The topological polar surface area (TPSA) is 63.5 Å². The van der Waals surface area contributed by atoms with Gasteiger partial charge in [-0.25, -0.2) is 4.98 Å². The maximum Gasteiger partial charge on any atom is 0.133 e. The molecule has 1 fully saturated rings. The van der Waals surface area contributed by atoms with Gasteiger partial charge in [0.15, 0.2) is 0 Å². The van der Waals surface area contributed by atoms with Crippen molar-refractivity contribution >= 4 is 5.52 Å². The molecule has 0 saturated heterocycles. The Hall–Kier alpha value is -1.55. The second-order valence-corrected chi connectivity index (χ2v) is 4.63. The van der Waals surface area contributed by atoms with Gasteiger partial charge in [0.1, 0.15) is 11.6 Å². The van der Waals surface area contributed by atoms with Crippen LogP contribution in [0.3, 0.4) is 0 Å². The Kier molecular flexibility index (Phi) is 1.94. The number of nitrogens with zero attached hydrogens (tertiary/aromatic N) is 2. The first-order valence-corrected chi connectivity index (χ1v) is 5.64. The first-order valence-electron chi connectivity index (χ1n) is 5.64. The van der Waals surface area contributed by atoms with E-state index >= 15 is 0 Å². The molecule has 16 heavy (non-hydrogen) atoms. The van der Waals surface area contributed by atoms with Gasteiger partial charge in [-0.1, -0.05) is 12.8 Å². The third kappa shape index (κ3) is 1.30. The molecule has 1 saturated carbocycles. The van der Waals surface area contributed by atoms with Crippen molar-refractivity contribution in [3.63, 3.8) is 0 Å². The number of imidazole rings is 1. The van der Waals surface area contributed by atoms with Gasteiger partial charge < -0.3 is 10.8 Å². The van der Waals surface area contributed by atoms with Gasteiger partial charge in [-0.3, -0.25) is 4.40 Å². The molecule has 2 aromatic rings. The fourth-order valence-electron chi connectivity index (χ4n) is 2.58. The highest BCUT2D eigenvalue weighted by Crippen LogP contribution is 2.35. The summed E-state index contributed by atoms with van der Waals surface area (Å²) in [6.45, 7) is 0. The van der Waals surface area contributed by atoms with Crippen LogP contribution in [0.4, 0.5) is 0 Å². The first-order chi connectivity index (χ1) is 7.69. The second kappa shape index (κ2) is 3.22. The minimum atomic E-state index is -0.319. The van der Waals surface area contributed by atoms with E-state index in [0.717, 1.165) is 37.0 Å². The molecule has 2 heterocycles. The van der Waals surface area contributed by atoms with Gasteiger partial charge in [0.05, 0.1) is 23.4 Å². The first kappa shape index (κ1) is 9.66. The van der Waals surface area contributed by atoms with Gasteiger partial charge in [0, 0.05) is 0 Å². The Morgan fingerprint density at radius 2 is 2.06 bits per heavy atom. The van der Waals surface area contributed by atoms with E-state index in [-0.39, 0.29) is 11.3 Å². The molecular weight excluding hydrogens is 202 g/mol. The molecule has 0 radical (unpaired) electrons. The summed E-state index contributed by atoms with van der Waals surface area (Å²) < 4.78 is 1.90. The van der Waals surface area contributed by atoms with Gasteiger partial charge in [0.25, 0.3) is 0 Å². The van der Waals surface area contributed by atoms with Gasteiger partial charge in [-0.2, -0.15) is 0 Å². The van der Waals surface area contributed by atoms with Crippen LogP contribution >= 0.6 is 0 Å². The van der Waals surface area contributed by atoms with Crippen molar-refractivity contribution in [2.45, 2.75) is 31.2 Å². The smallest absolute Gasteiger partial charge is 0.133 e. The molecule has 0 spiro atoms. The van der Waals surface area contributed by atoms with Crippen molar-refractivity contribution in [3.05, 3.63) is 30.4 Å². The van der Waals surface area contributed by atoms with E-state index in [1.165, 1.54) is 0 Å². The van der Waals surface area contributed by atoms with E-state index in [2.05, 4.69) is 4.98 Å². The maximum atomic E-state index is 9.51. The van der Waals surface area contributed by atoms with Gasteiger partial charge in [0.2, 0.25) is 0 Å². The quantitative estimate of drug-likeness (QED) is 0.765. The van der Waals surface area contributed by atoms with Crippen LogP contribution in [0.1, 0.15) is 31.5 Å². The summed E-state index contributed by atoms with van der Waals surface area (Å²) in [5, 5.41) is 9.51. The average Bonchev–Trinajstić information content (AvgIpc) is 2.84. The molecule has 84 valence electrons. The summed E-state index contributed by atoms with van der Waals surface area (Å²) >= 11 is 0. The van der Waals surface area contributed by atoms with E-state index < -0.39 is 0 Å². The zero-order valence-corrected chi connectivity index (χ0v) is 9.06. The number of fused-ring (bicyclic) bond motifs is 1. The van der Waals surface area contributed by atoms with Gasteiger partial charge in [-0.05, 0) is 25.0 Å². The molecule has 0 atom stereocenters. The highest BCUT2D eigenvalue weighted by atomic mass is 16.3. The predicted octanol–water partition coefficient (Wildman–Crippen LogP) is 1.77. The van der Waals surface area contributed by atoms with Crippen molar-refractivity contribution < 1.29 is 5.11 Å². The molecule has 3 rings (SSSR count). The normalized spacial score (nSPS) is 19.3. The van der Waals surface area contributed by atoms with Crippen LogP contribution in [-0.2, 0) is 5.54 Å². The third-order valence-electron chi connectivity index (χ3n) is 3.45. The Labute approximate surface area is 93.7 Å².